The Morgan fingerprint density at radius 2 is 0.867 bits per heavy atom. The molecule has 0 amide bonds. The van der Waals surface area contributed by atoms with E-state index in [1.165, 1.54) is 31.6 Å². The maximum Gasteiger partial charge on any atom is 0.673 e. The van der Waals surface area contributed by atoms with Gasteiger partial charge in [0.2, 0.25) is 0 Å². The summed E-state index contributed by atoms with van der Waals surface area (Å²) >= 11 is 0. The second-order valence-electron chi connectivity index (χ2n) is 10.4. The molecule has 0 aromatic carbocycles. The molecule has 1 aliphatic rings. The van der Waals surface area contributed by atoms with E-state index in [1.54, 1.807) is 0 Å². The van der Waals surface area contributed by atoms with Gasteiger partial charge in [0.15, 0.2) is 0 Å². The third-order valence-corrected chi connectivity index (χ3v) is 12.8. The Balaban J connectivity index is -0.000000431. The van der Waals surface area contributed by atoms with Crippen molar-refractivity contribution in [2.24, 2.45) is 0 Å². The molecule has 183 valence electrons. The number of hydrogen-bond donors (Lipinski definition) is 0. The molecule has 0 saturated heterocycles. The molecule has 1 radical (unpaired) electrons. The van der Waals surface area contributed by atoms with Crippen molar-refractivity contribution in [2.45, 2.75) is 103 Å². The van der Waals surface area contributed by atoms with Crippen LogP contribution in [0, 0.1) is 0 Å². The summed E-state index contributed by atoms with van der Waals surface area (Å²) in [7, 11) is -5.78. The van der Waals surface area contributed by atoms with Crippen molar-refractivity contribution in [2.75, 3.05) is 12.6 Å². The SMILES string of the molecule is C1=CCC/C=C\CC1.C[P@](CP(C(C)(C)C)C(C)(C)C)C(C)(C)C.F[B-](F)(F)F.[Rh]. The van der Waals surface area contributed by atoms with E-state index in [0.29, 0.717) is 15.5 Å². The van der Waals surface area contributed by atoms with Crippen molar-refractivity contribution < 1.29 is 36.7 Å². The molecular formula is C22H44BF4P2Rh-. The van der Waals surface area contributed by atoms with E-state index in [-0.39, 0.29) is 35.3 Å². The fraction of sp³-hybridized carbons (Fsp3) is 0.818. The summed E-state index contributed by atoms with van der Waals surface area (Å²) in [6, 6.07) is 0. The average Bonchev–Trinajstić information content (AvgIpc) is 2.38. The summed E-state index contributed by atoms with van der Waals surface area (Å²) in [4.78, 5) is 0. The first kappa shape index (κ1) is 35.3. The molecule has 1 rings (SSSR count). The van der Waals surface area contributed by atoms with Crippen molar-refractivity contribution in [3.05, 3.63) is 24.3 Å². The van der Waals surface area contributed by atoms with Crippen molar-refractivity contribution in [3.8, 4) is 0 Å². The summed E-state index contributed by atoms with van der Waals surface area (Å²) in [5.74, 6) is 1.46. The molecule has 1 aliphatic carbocycles. The smallest absolute Gasteiger partial charge is 0.418 e. The van der Waals surface area contributed by atoms with E-state index < -0.39 is 7.25 Å². The van der Waals surface area contributed by atoms with Crippen LogP contribution in [0.15, 0.2) is 24.3 Å². The van der Waals surface area contributed by atoms with Gasteiger partial charge in [-0.15, -0.1) is 0 Å². The predicted molar refractivity (Wildman–Crippen MR) is 131 cm³/mol. The molecule has 30 heavy (non-hydrogen) atoms. The Morgan fingerprint density at radius 3 is 1.03 bits per heavy atom. The van der Waals surface area contributed by atoms with Gasteiger partial charge in [-0.2, -0.15) is 0 Å². The number of rotatable bonds is 2. The van der Waals surface area contributed by atoms with E-state index >= 15 is 0 Å². The van der Waals surface area contributed by atoms with Crippen LogP contribution in [0.5, 0.6) is 0 Å². The van der Waals surface area contributed by atoms with Gasteiger partial charge in [0, 0.05) is 19.5 Å². The zero-order chi connectivity index (χ0) is 23.5. The van der Waals surface area contributed by atoms with E-state index in [4.69, 9.17) is 0 Å². The van der Waals surface area contributed by atoms with Crippen molar-refractivity contribution >= 4 is 23.1 Å². The van der Waals surface area contributed by atoms with Crippen molar-refractivity contribution in [3.63, 3.8) is 0 Å². The zero-order valence-electron chi connectivity index (χ0n) is 20.7. The van der Waals surface area contributed by atoms with Crippen LogP contribution in [0.25, 0.3) is 0 Å². The van der Waals surface area contributed by atoms with Gasteiger partial charge in [0.25, 0.3) is 0 Å². The first-order valence-corrected chi connectivity index (χ1v) is 13.9. The maximum atomic E-state index is 9.75. The molecule has 0 fully saturated rings. The van der Waals surface area contributed by atoms with Crippen LogP contribution >= 0.6 is 15.8 Å². The Morgan fingerprint density at radius 1 is 0.633 bits per heavy atom. The van der Waals surface area contributed by atoms with Crippen molar-refractivity contribution in [1.29, 1.82) is 0 Å². The predicted octanol–water partition coefficient (Wildman–Crippen LogP) is 9.90. The second kappa shape index (κ2) is 15.6. The van der Waals surface area contributed by atoms with Crippen LogP contribution in [0.2, 0.25) is 0 Å². The van der Waals surface area contributed by atoms with Gasteiger partial charge in [-0.05, 0) is 53.7 Å². The first-order chi connectivity index (χ1) is 12.8. The molecule has 0 unspecified atom stereocenters. The van der Waals surface area contributed by atoms with Gasteiger partial charge in [-0.1, -0.05) is 102 Å². The number of hydrogen-bond acceptors (Lipinski definition) is 0. The topological polar surface area (TPSA) is 0 Å². The monoisotopic (exact) mass is 560 g/mol. The van der Waals surface area contributed by atoms with Gasteiger partial charge in [0.05, 0.1) is 0 Å². The maximum absolute atomic E-state index is 9.75. The zero-order valence-corrected chi connectivity index (χ0v) is 24.1. The molecule has 0 nitrogen and oxygen atoms in total. The third kappa shape index (κ3) is 23.4. The number of halogens is 4. The molecule has 0 saturated carbocycles. The molecular weight excluding hydrogens is 516 g/mol. The molecule has 0 aromatic rings. The quantitative estimate of drug-likeness (QED) is 0.137. The Bertz CT molecular complexity index is 441. The fourth-order valence-electron chi connectivity index (χ4n) is 2.71. The summed E-state index contributed by atoms with van der Waals surface area (Å²) in [6.07, 6.45) is 14.0. The van der Waals surface area contributed by atoms with Gasteiger partial charge in [-0.25, -0.2) is 0 Å². The van der Waals surface area contributed by atoms with E-state index in [1.807, 2.05) is 0 Å². The Kier molecular flexibility index (Phi) is 18.3. The van der Waals surface area contributed by atoms with Crippen LogP contribution in [0.4, 0.5) is 17.3 Å². The van der Waals surface area contributed by atoms with Gasteiger partial charge < -0.3 is 17.3 Å². The average molecular weight is 560 g/mol. The summed E-state index contributed by atoms with van der Waals surface area (Å²) in [5.41, 5.74) is 0. The van der Waals surface area contributed by atoms with E-state index in [2.05, 4.69) is 93.3 Å². The van der Waals surface area contributed by atoms with Crippen LogP contribution in [0.3, 0.4) is 0 Å². The summed E-state index contributed by atoms with van der Waals surface area (Å²) < 4.78 is 39.0. The Labute approximate surface area is 199 Å². The molecule has 1 atom stereocenters. The fourth-order valence-corrected chi connectivity index (χ4v) is 11.5. The van der Waals surface area contributed by atoms with Crippen LogP contribution in [-0.2, 0) is 19.5 Å². The van der Waals surface area contributed by atoms with Gasteiger partial charge in [-0.3, -0.25) is 0 Å². The minimum absolute atomic E-state index is 0. The van der Waals surface area contributed by atoms with Crippen LogP contribution in [-0.4, -0.2) is 35.3 Å². The van der Waals surface area contributed by atoms with Crippen molar-refractivity contribution in [1.82, 2.24) is 0 Å². The minimum Gasteiger partial charge on any atom is -0.418 e. The van der Waals surface area contributed by atoms with Gasteiger partial charge in [0.1, 0.15) is 0 Å². The standard InChI is InChI=1S/C14H32P2.C8H12.BF4.Rh/c1-12(2,3)15(10)11-16(13(4,5)6)14(7,8)9;1-2-4-6-8-7-5-3-1;2-1(3,4)5;/h11H2,1-10H3;1-2,7-8H,3-6H2;;/q;;-1;/b;2-1-,8-7?;;/t15-;;;/m1.../s1. The van der Waals surface area contributed by atoms with Gasteiger partial charge >= 0.3 is 7.25 Å². The molecule has 0 heterocycles. The first-order valence-electron chi connectivity index (χ1n) is 10.4. The largest absolute Gasteiger partial charge is 0.673 e. The van der Waals surface area contributed by atoms with E-state index in [9.17, 15) is 17.3 Å². The summed E-state index contributed by atoms with van der Waals surface area (Å²) in [6.45, 7) is 24.2. The van der Waals surface area contributed by atoms with Crippen LogP contribution in [0.1, 0.15) is 88.0 Å². The van der Waals surface area contributed by atoms with E-state index in [0.717, 1.165) is 0 Å². The molecule has 0 aromatic heterocycles. The molecule has 0 N–H and O–H groups in total. The Hall–Kier alpha value is 0.748. The number of allylic oxidation sites excluding steroid dienone is 4. The minimum atomic E-state index is -6.00. The summed E-state index contributed by atoms with van der Waals surface area (Å²) in [5, 5.41) is 1.47. The third-order valence-electron chi connectivity index (χ3n) is 4.45. The van der Waals surface area contributed by atoms with Crippen LogP contribution < -0.4 is 0 Å². The molecule has 0 bridgehead atoms. The normalized spacial score (nSPS) is 17.3. The molecule has 0 aliphatic heterocycles. The molecule has 8 heteroatoms. The second-order valence-corrected chi connectivity index (χ2v) is 17.8. The molecule has 0 spiro atoms.